The molecule has 3 N–H and O–H groups in total. The van der Waals surface area contributed by atoms with E-state index in [4.69, 9.17) is 15.1 Å². The van der Waals surface area contributed by atoms with Crippen molar-refractivity contribution in [2.75, 3.05) is 26.3 Å². The zero-order valence-corrected chi connectivity index (χ0v) is 12.1. The molecule has 1 atom stereocenters. The van der Waals surface area contributed by atoms with Crippen molar-refractivity contribution in [2.45, 2.75) is 25.4 Å². The Hall–Kier alpha value is -1.61. The van der Waals surface area contributed by atoms with Gasteiger partial charge in [0.1, 0.15) is 18.5 Å². The van der Waals surface area contributed by atoms with Gasteiger partial charge in [0.25, 0.3) is 0 Å². The van der Waals surface area contributed by atoms with Crippen LogP contribution in [-0.2, 0) is 0 Å². The molecule has 1 fully saturated rings. The van der Waals surface area contributed by atoms with Gasteiger partial charge in [0, 0.05) is 19.7 Å². The molecule has 0 aromatic heterocycles. The van der Waals surface area contributed by atoms with Crippen molar-refractivity contribution in [1.29, 1.82) is 5.26 Å². The molecule has 1 unspecified atom stereocenters. The summed E-state index contributed by atoms with van der Waals surface area (Å²) in [4.78, 5) is 0. The normalized spacial score (nSPS) is 17.0. The van der Waals surface area contributed by atoms with E-state index in [-0.39, 0.29) is 18.6 Å². The first-order valence-corrected chi connectivity index (χ1v) is 7.30. The van der Waals surface area contributed by atoms with E-state index in [0.717, 1.165) is 25.8 Å². The lowest BCUT2D eigenvalue weighted by atomic mass is 10.0. The van der Waals surface area contributed by atoms with E-state index in [1.54, 1.807) is 24.3 Å². The maximum absolute atomic E-state index is 9.87. The van der Waals surface area contributed by atoms with Crippen LogP contribution in [0.1, 0.15) is 24.8 Å². The standard InChI is InChI=1S/C16H22N2O3/c17-9-13-1-3-15(4-2-13)21-11-14(20)10-18-12-16(5-6-16)7-8-19/h1-4,14,18-20H,5-8,10-12H2. The predicted molar refractivity (Wildman–Crippen MR) is 78.9 cm³/mol. The van der Waals surface area contributed by atoms with Crippen LogP contribution in [-0.4, -0.2) is 42.6 Å². The third-order valence-electron chi connectivity index (χ3n) is 3.91. The van der Waals surface area contributed by atoms with Gasteiger partial charge >= 0.3 is 0 Å². The molecule has 114 valence electrons. The Kier molecular flexibility index (Phi) is 5.57. The molecule has 1 aromatic rings. The molecule has 0 spiro atoms. The smallest absolute Gasteiger partial charge is 0.119 e. The molecule has 21 heavy (non-hydrogen) atoms. The summed E-state index contributed by atoms with van der Waals surface area (Å²) < 4.78 is 5.47. The van der Waals surface area contributed by atoms with E-state index < -0.39 is 6.10 Å². The maximum Gasteiger partial charge on any atom is 0.119 e. The second-order valence-corrected chi connectivity index (χ2v) is 5.71. The molecule has 0 aliphatic heterocycles. The van der Waals surface area contributed by atoms with Crippen molar-refractivity contribution in [2.24, 2.45) is 5.41 Å². The number of benzene rings is 1. The van der Waals surface area contributed by atoms with Crippen molar-refractivity contribution in [3.8, 4) is 11.8 Å². The third-order valence-corrected chi connectivity index (χ3v) is 3.91. The first-order valence-electron chi connectivity index (χ1n) is 7.30. The molecule has 5 heteroatoms. The van der Waals surface area contributed by atoms with Crippen LogP contribution in [0.15, 0.2) is 24.3 Å². The number of ether oxygens (including phenoxy) is 1. The molecule has 2 rings (SSSR count). The number of aliphatic hydroxyl groups is 2. The number of nitriles is 1. The van der Waals surface area contributed by atoms with Gasteiger partial charge < -0.3 is 20.3 Å². The highest BCUT2D eigenvalue weighted by Gasteiger charge is 2.41. The van der Waals surface area contributed by atoms with E-state index in [1.807, 2.05) is 6.07 Å². The molecule has 0 amide bonds. The SMILES string of the molecule is N#Cc1ccc(OCC(O)CNCC2(CCO)CC2)cc1. The van der Waals surface area contributed by atoms with E-state index >= 15 is 0 Å². The van der Waals surface area contributed by atoms with Gasteiger partial charge in [0.2, 0.25) is 0 Å². The molecular formula is C16H22N2O3. The topological polar surface area (TPSA) is 85.5 Å². The van der Waals surface area contributed by atoms with Gasteiger partial charge in [-0.15, -0.1) is 0 Å². The molecule has 0 heterocycles. The summed E-state index contributed by atoms with van der Waals surface area (Å²) in [7, 11) is 0. The average Bonchev–Trinajstić information content (AvgIpc) is 3.26. The summed E-state index contributed by atoms with van der Waals surface area (Å²) in [5, 5.41) is 30.8. The number of aliphatic hydroxyl groups excluding tert-OH is 2. The van der Waals surface area contributed by atoms with Crippen molar-refractivity contribution in [1.82, 2.24) is 5.32 Å². The Bertz CT molecular complexity index is 477. The fourth-order valence-corrected chi connectivity index (χ4v) is 2.31. The molecule has 1 aromatic carbocycles. The summed E-state index contributed by atoms with van der Waals surface area (Å²) >= 11 is 0. The Morgan fingerprint density at radius 3 is 2.62 bits per heavy atom. The molecule has 5 nitrogen and oxygen atoms in total. The molecule has 0 radical (unpaired) electrons. The molecular weight excluding hydrogens is 268 g/mol. The zero-order chi connectivity index (χ0) is 15.1. The van der Waals surface area contributed by atoms with Crippen LogP contribution in [0.25, 0.3) is 0 Å². The molecule has 0 saturated heterocycles. The molecule has 0 bridgehead atoms. The van der Waals surface area contributed by atoms with Gasteiger partial charge in [-0.2, -0.15) is 5.26 Å². The highest BCUT2D eigenvalue weighted by Crippen LogP contribution is 2.47. The van der Waals surface area contributed by atoms with Crippen LogP contribution in [0.3, 0.4) is 0 Å². The summed E-state index contributed by atoms with van der Waals surface area (Å²) in [6.45, 7) is 1.75. The van der Waals surface area contributed by atoms with Crippen LogP contribution in [0, 0.1) is 16.7 Å². The minimum absolute atomic E-state index is 0.214. The van der Waals surface area contributed by atoms with Crippen molar-refractivity contribution in [3.05, 3.63) is 29.8 Å². The lowest BCUT2D eigenvalue weighted by Crippen LogP contribution is -2.35. The minimum Gasteiger partial charge on any atom is -0.491 e. The van der Waals surface area contributed by atoms with Gasteiger partial charge in [-0.3, -0.25) is 0 Å². The first-order chi connectivity index (χ1) is 10.2. The summed E-state index contributed by atoms with van der Waals surface area (Å²) in [5.41, 5.74) is 0.839. The Labute approximate surface area is 125 Å². The Morgan fingerprint density at radius 1 is 1.33 bits per heavy atom. The summed E-state index contributed by atoms with van der Waals surface area (Å²) in [5.74, 6) is 0.645. The lowest BCUT2D eigenvalue weighted by Gasteiger charge is -2.17. The molecule has 1 saturated carbocycles. The second-order valence-electron chi connectivity index (χ2n) is 5.71. The first kappa shape index (κ1) is 15.8. The molecule has 1 aliphatic rings. The largest absolute Gasteiger partial charge is 0.491 e. The van der Waals surface area contributed by atoms with E-state index in [0.29, 0.717) is 17.9 Å². The number of hydrogen-bond acceptors (Lipinski definition) is 5. The number of hydrogen-bond donors (Lipinski definition) is 3. The fourth-order valence-electron chi connectivity index (χ4n) is 2.31. The predicted octanol–water partition coefficient (Wildman–Crippen LogP) is 1.05. The minimum atomic E-state index is -0.578. The zero-order valence-electron chi connectivity index (χ0n) is 12.1. The number of nitrogens with one attached hydrogen (secondary N) is 1. The van der Waals surface area contributed by atoms with E-state index in [1.165, 1.54) is 0 Å². The Morgan fingerprint density at radius 2 is 2.05 bits per heavy atom. The van der Waals surface area contributed by atoms with Crippen LogP contribution in [0.2, 0.25) is 0 Å². The fraction of sp³-hybridized carbons (Fsp3) is 0.562. The van der Waals surface area contributed by atoms with Gasteiger partial charge in [-0.25, -0.2) is 0 Å². The van der Waals surface area contributed by atoms with Gasteiger partial charge in [0.05, 0.1) is 11.6 Å². The number of rotatable bonds is 9. The second kappa shape index (κ2) is 7.41. The monoisotopic (exact) mass is 290 g/mol. The quantitative estimate of drug-likeness (QED) is 0.633. The third kappa shape index (κ3) is 5.01. The maximum atomic E-state index is 9.87. The summed E-state index contributed by atoms with van der Waals surface area (Å²) in [6.07, 6.45) is 2.56. The highest BCUT2D eigenvalue weighted by atomic mass is 16.5. The van der Waals surface area contributed by atoms with Crippen LogP contribution < -0.4 is 10.1 Å². The summed E-state index contributed by atoms with van der Waals surface area (Å²) in [6, 6.07) is 8.86. The van der Waals surface area contributed by atoms with Crippen molar-refractivity contribution in [3.63, 3.8) is 0 Å². The van der Waals surface area contributed by atoms with Crippen molar-refractivity contribution >= 4 is 0 Å². The number of nitrogens with zero attached hydrogens (tertiary/aromatic N) is 1. The van der Waals surface area contributed by atoms with Crippen LogP contribution in [0.4, 0.5) is 0 Å². The van der Waals surface area contributed by atoms with E-state index in [2.05, 4.69) is 5.32 Å². The van der Waals surface area contributed by atoms with E-state index in [9.17, 15) is 5.11 Å². The van der Waals surface area contributed by atoms with Crippen molar-refractivity contribution < 1.29 is 14.9 Å². The van der Waals surface area contributed by atoms with Crippen LogP contribution in [0.5, 0.6) is 5.75 Å². The van der Waals surface area contributed by atoms with Gasteiger partial charge in [-0.1, -0.05) is 0 Å². The van der Waals surface area contributed by atoms with Gasteiger partial charge in [-0.05, 0) is 48.9 Å². The average molecular weight is 290 g/mol. The Balaban J connectivity index is 1.63. The van der Waals surface area contributed by atoms with Crippen LogP contribution >= 0.6 is 0 Å². The lowest BCUT2D eigenvalue weighted by molar-refractivity contribution is 0.104. The highest BCUT2D eigenvalue weighted by molar-refractivity contribution is 5.34. The van der Waals surface area contributed by atoms with Gasteiger partial charge in [0.15, 0.2) is 0 Å². The molecule has 1 aliphatic carbocycles.